The van der Waals surface area contributed by atoms with Crippen molar-refractivity contribution in [2.75, 3.05) is 4.72 Å². The lowest BCUT2D eigenvalue weighted by molar-refractivity contribution is 0.102. The molecule has 0 bridgehead atoms. The highest BCUT2D eigenvalue weighted by molar-refractivity contribution is 9.10. The summed E-state index contributed by atoms with van der Waals surface area (Å²) in [5.74, 6) is 0.0954. The lowest BCUT2D eigenvalue weighted by Crippen LogP contribution is -2.13. The van der Waals surface area contributed by atoms with Gasteiger partial charge in [0.1, 0.15) is 0 Å². The van der Waals surface area contributed by atoms with E-state index >= 15 is 0 Å². The fraction of sp³-hybridized carbons (Fsp3) is 0.0588. The van der Waals surface area contributed by atoms with Gasteiger partial charge in [-0.25, -0.2) is 13.4 Å². The third-order valence-corrected chi connectivity index (χ3v) is 5.47. The van der Waals surface area contributed by atoms with Crippen molar-refractivity contribution in [2.45, 2.75) is 4.90 Å². The molecule has 3 rings (SSSR count). The predicted octanol–water partition coefficient (Wildman–Crippen LogP) is 3.21. The summed E-state index contributed by atoms with van der Waals surface area (Å²) < 4.78 is 29.6. The maximum atomic E-state index is 12.4. The Kier molecular flexibility index (Phi) is 4.73. The number of hydrogen-bond donors (Lipinski definition) is 1. The minimum absolute atomic E-state index is 0.156. The number of ketones is 1. The summed E-state index contributed by atoms with van der Waals surface area (Å²) in [5, 5.41) is 0. The van der Waals surface area contributed by atoms with Crippen molar-refractivity contribution in [3.63, 3.8) is 0 Å². The van der Waals surface area contributed by atoms with Gasteiger partial charge in [0.2, 0.25) is 5.78 Å². The average Bonchev–Trinajstić information content (AvgIpc) is 3.01. The van der Waals surface area contributed by atoms with Crippen molar-refractivity contribution in [1.29, 1.82) is 0 Å². The number of halogens is 1. The van der Waals surface area contributed by atoms with Crippen LogP contribution in [0, 0.1) is 0 Å². The highest BCUT2D eigenvalue weighted by atomic mass is 79.9. The number of carbonyl (C=O) groups excluding carboxylic acids is 1. The molecule has 25 heavy (non-hydrogen) atoms. The third kappa shape index (κ3) is 3.80. The van der Waals surface area contributed by atoms with Crippen LogP contribution in [0.1, 0.15) is 16.2 Å². The van der Waals surface area contributed by atoms with Crippen LogP contribution in [0.3, 0.4) is 0 Å². The van der Waals surface area contributed by atoms with Crippen LogP contribution in [0.15, 0.2) is 70.3 Å². The first-order valence-corrected chi connectivity index (χ1v) is 9.55. The van der Waals surface area contributed by atoms with Gasteiger partial charge in [-0.1, -0.05) is 15.9 Å². The summed E-state index contributed by atoms with van der Waals surface area (Å²) in [6.45, 7) is 0. The molecule has 2 aromatic carbocycles. The molecule has 0 aliphatic heterocycles. The zero-order valence-electron chi connectivity index (χ0n) is 13.2. The summed E-state index contributed by atoms with van der Waals surface area (Å²) in [4.78, 5) is 16.5. The standard InChI is InChI=1S/C17H14BrN3O3S/c1-21-11-10-19-17(21)16(22)12-2-6-14(7-3-12)20-25(23,24)15-8-4-13(18)5-9-15/h2-11,20H,1H3. The van der Waals surface area contributed by atoms with Crippen molar-refractivity contribution < 1.29 is 13.2 Å². The van der Waals surface area contributed by atoms with Crippen LogP contribution in [0.5, 0.6) is 0 Å². The number of imidazole rings is 1. The first kappa shape index (κ1) is 17.4. The smallest absolute Gasteiger partial charge is 0.261 e. The van der Waals surface area contributed by atoms with Crippen molar-refractivity contribution in [3.05, 3.63) is 76.8 Å². The summed E-state index contributed by atoms with van der Waals surface area (Å²) in [5.41, 5.74) is 0.806. The van der Waals surface area contributed by atoms with E-state index in [1.54, 1.807) is 60.4 Å². The Morgan fingerprint density at radius 3 is 2.28 bits per heavy atom. The topological polar surface area (TPSA) is 81.1 Å². The van der Waals surface area contributed by atoms with E-state index in [2.05, 4.69) is 25.6 Å². The van der Waals surface area contributed by atoms with Crippen LogP contribution in [0.25, 0.3) is 0 Å². The summed E-state index contributed by atoms with van der Waals surface area (Å²) in [6.07, 6.45) is 3.24. The highest BCUT2D eigenvalue weighted by Crippen LogP contribution is 2.19. The van der Waals surface area contributed by atoms with Crippen molar-refractivity contribution in [1.82, 2.24) is 9.55 Å². The molecular formula is C17H14BrN3O3S. The van der Waals surface area contributed by atoms with Gasteiger partial charge in [-0.05, 0) is 48.5 Å². The quantitative estimate of drug-likeness (QED) is 0.643. The number of hydrogen-bond acceptors (Lipinski definition) is 4. The zero-order valence-corrected chi connectivity index (χ0v) is 15.6. The normalized spacial score (nSPS) is 11.3. The molecule has 0 saturated carbocycles. The van der Waals surface area contributed by atoms with Crippen molar-refractivity contribution in [2.24, 2.45) is 7.05 Å². The monoisotopic (exact) mass is 419 g/mol. The van der Waals surface area contributed by atoms with E-state index in [4.69, 9.17) is 0 Å². The van der Waals surface area contributed by atoms with E-state index < -0.39 is 10.0 Å². The Hall–Kier alpha value is -2.45. The molecule has 0 unspecified atom stereocenters. The molecule has 0 spiro atoms. The van der Waals surface area contributed by atoms with Crippen LogP contribution in [0.4, 0.5) is 5.69 Å². The molecule has 0 atom stereocenters. The fourth-order valence-electron chi connectivity index (χ4n) is 2.23. The maximum Gasteiger partial charge on any atom is 0.261 e. The Morgan fingerprint density at radius 2 is 1.72 bits per heavy atom. The molecule has 6 nitrogen and oxygen atoms in total. The Bertz CT molecular complexity index is 1010. The molecule has 0 fully saturated rings. The third-order valence-electron chi connectivity index (χ3n) is 3.55. The van der Waals surface area contributed by atoms with Gasteiger partial charge < -0.3 is 4.57 Å². The van der Waals surface area contributed by atoms with Crippen LogP contribution in [-0.4, -0.2) is 23.8 Å². The lowest BCUT2D eigenvalue weighted by Gasteiger charge is -2.09. The van der Waals surface area contributed by atoms with Gasteiger partial charge in [-0.2, -0.15) is 0 Å². The molecule has 128 valence electrons. The van der Waals surface area contributed by atoms with Crippen LogP contribution >= 0.6 is 15.9 Å². The molecule has 1 aromatic heterocycles. The molecule has 0 aliphatic rings. The highest BCUT2D eigenvalue weighted by Gasteiger charge is 2.16. The van der Waals surface area contributed by atoms with Gasteiger partial charge in [0.05, 0.1) is 4.90 Å². The van der Waals surface area contributed by atoms with E-state index in [0.29, 0.717) is 17.1 Å². The maximum absolute atomic E-state index is 12.4. The number of aromatic nitrogens is 2. The van der Waals surface area contributed by atoms with Gasteiger partial charge in [0.25, 0.3) is 10.0 Å². The molecule has 1 heterocycles. The first-order chi connectivity index (χ1) is 11.9. The molecule has 8 heteroatoms. The minimum atomic E-state index is -3.69. The number of nitrogens with one attached hydrogen (secondary N) is 1. The Morgan fingerprint density at radius 1 is 1.08 bits per heavy atom. The van der Waals surface area contributed by atoms with E-state index in [-0.39, 0.29) is 10.7 Å². The van der Waals surface area contributed by atoms with E-state index in [1.165, 1.54) is 12.1 Å². The van der Waals surface area contributed by atoms with Gasteiger partial charge in [0.15, 0.2) is 5.82 Å². The SMILES string of the molecule is Cn1ccnc1C(=O)c1ccc(NS(=O)(=O)c2ccc(Br)cc2)cc1. The number of aryl methyl sites for hydroxylation is 1. The largest absolute Gasteiger partial charge is 0.331 e. The molecule has 1 N–H and O–H groups in total. The van der Waals surface area contributed by atoms with E-state index in [0.717, 1.165) is 4.47 Å². The number of rotatable bonds is 5. The van der Waals surface area contributed by atoms with Gasteiger partial charge in [-0.3, -0.25) is 9.52 Å². The number of sulfonamides is 1. The molecular weight excluding hydrogens is 406 g/mol. The molecule has 0 saturated heterocycles. The number of nitrogens with zero attached hydrogens (tertiary/aromatic N) is 2. The van der Waals surface area contributed by atoms with Crippen molar-refractivity contribution in [3.8, 4) is 0 Å². The van der Waals surface area contributed by atoms with E-state index in [9.17, 15) is 13.2 Å². The molecule has 3 aromatic rings. The lowest BCUT2D eigenvalue weighted by atomic mass is 10.1. The molecule has 0 amide bonds. The van der Waals surface area contributed by atoms with E-state index in [1.807, 2.05) is 0 Å². The number of carbonyl (C=O) groups is 1. The average molecular weight is 420 g/mol. The second-order valence-electron chi connectivity index (χ2n) is 5.33. The van der Waals surface area contributed by atoms with Crippen LogP contribution in [-0.2, 0) is 17.1 Å². The number of anilines is 1. The van der Waals surface area contributed by atoms with Crippen molar-refractivity contribution >= 4 is 37.4 Å². The summed E-state index contributed by atoms with van der Waals surface area (Å²) in [6, 6.07) is 12.6. The zero-order chi connectivity index (χ0) is 18.0. The fourth-order valence-corrected chi connectivity index (χ4v) is 3.55. The Labute approximate surface area is 153 Å². The molecule has 0 radical (unpaired) electrons. The van der Waals surface area contributed by atoms with Gasteiger partial charge in [-0.15, -0.1) is 0 Å². The second kappa shape index (κ2) is 6.81. The van der Waals surface area contributed by atoms with Crippen LogP contribution < -0.4 is 4.72 Å². The van der Waals surface area contributed by atoms with Gasteiger partial charge in [0, 0.05) is 35.2 Å². The predicted molar refractivity (Wildman–Crippen MR) is 98.0 cm³/mol. The minimum Gasteiger partial charge on any atom is -0.331 e. The summed E-state index contributed by atoms with van der Waals surface area (Å²) >= 11 is 3.27. The Balaban J connectivity index is 1.80. The number of benzene rings is 2. The second-order valence-corrected chi connectivity index (χ2v) is 7.93. The molecule has 0 aliphatic carbocycles. The van der Waals surface area contributed by atoms with Gasteiger partial charge >= 0.3 is 0 Å². The summed E-state index contributed by atoms with van der Waals surface area (Å²) in [7, 11) is -1.95. The first-order valence-electron chi connectivity index (χ1n) is 7.27. The van der Waals surface area contributed by atoms with Crippen LogP contribution in [0.2, 0.25) is 0 Å².